The molecule has 3 rings (SSSR count). The van der Waals surface area contributed by atoms with Crippen molar-refractivity contribution in [3.63, 3.8) is 0 Å². The van der Waals surface area contributed by atoms with E-state index in [9.17, 15) is 19.7 Å². The van der Waals surface area contributed by atoms with E-state index >= 15 is 0 Å². The molecule has 0 saturated carbocycles. The maximum atomic E-state index is 12.1. The second-order valence-corrected chi connectivity index (χ2v) is 5.30. The Bertz CT molecular complexity index is 898. The number of nitrogens with two attached hydrogens (primary N) is 1. The number of nitrogens with one attached hydrogen (secondary N) is 2. The number of fused-ring (bicyclic) bond motifs is 1. The molecule has 4 N–H and O–H groups in total. The van der Waals surface area contributed by atoms with Crippen molar-refractivity contribution in [2.75, 3.05) is 18.9 Å². The zero-order valence-corrected chi connectivity index (χ0v) is 13.4. The first-order chi connectivity index (χ1) is 12.5. The highest BCUT2D eigenvalue weighted by atomic mass is 16.6. The molecule has 0 saturated heterocycles. The molecule has 10 nitrogen and oxygen atoms in total. The van der Waals surface area contributed by atoms with E-state index in [-0.39, 0.29) is 16.8 Å². The molecule has 134 valence electrons. The number of anilines is 1. The molecule has 2 aromatic rings. The van der Waals surface area contributed by atoms with Crippen LogP contribution < -0.4 is 26.1 Å². The lowest BCUT2D eigenvalue weighted by molar-refractivity contribution is -0.383. The van der Waals surface area contributed by atoms with Gasteiger partial charge in [-0.25, -0.2) is 0 Å². The van der Waals surface area contributed by atoms with Crippen LogP contribution in [0.25, 0.3) is 0 Å². The Hall–Kier alpha value is -3.82. The lowest BCUT2D eigenvalue weighted by atomic mass is 10.1. The number of nitro groups is 1. The first kappa shape index (κ1) is 17.0. The van der Waals surface area contributed by atoms with Gasteiger partial charge in [0.2, 0.25) is 0 Å². The van der Waals surface area contributed by atoms with Gasteiger partial charge >= 0.3 is 0 Å². The second kappa shape index (κ2) is 6.97. The van der Waals surface area contributed by atoms with E-state index in [1.54, 1.807) is 6.07 Å². The fourth-order valence-corrected chi connectivity index (χ4v) is 2.29. The van der Waals surface area contributed by atoms with Gasteiger partial charge in [0.15, 0.2) is 11.5 Å². The van der Waals surface area contributed by atoms with Gasteiger partial charge in [0, 0.05) is 17.2 Å². The van der Waals surface area contributed by atoms with E-state index in [4.69, 9.17) is 15.2 Å². The quantitative estimate of drug-likeness (QED) is 0.422. The zero-order chi connectivity index (χ0) is 18.7. The fourth-order valence-electron chi connectivity index (χ4n) is 2.29. The summed E-state index contributed by atoms with van der Waals surface area (Å²) in [6.45, 7) is 0.813. The van der Waals surface area contributed by atoms with Crippen molar-refractivity contribution in [2.24, 2.45) is 0 Å². The van der Waals surface area contributed by atoms with Gasteiger partial charge in [-0.1, -0.05) is 0 Å². The molecule has 1 heterocycles. The molecule has 0 fully saturated rings. The van der Waals surface area contributed by atoms with Crippen LogP contribution >= 0.6 is 0 Å². The summed E-state index contributed by atoms with van der Waals surface area (Å²) >= 11 is 0. The van der Waals surface area contributed by atoms with Gasteiger partial charge in [0.25, 0.3) is 17.5 Å². The Morgan fingerprint density at radius 1 is 0.962 bits per heavy atom. The SMILES string of the molecule is Nc1ccc(C(=O)NNC(=O)c2ccc3c(c2)OCCO3)cc1[N+](=O)[O-]. The van der Waals surface area contributed by atoms with Gasteiger partial charge in [-0.2, -0.15) is 0 Å². The van der Waals surface area contributed by atoms with Crippen LogP contribution in [0.5, 0.6) is 11.5 Å². The van der Waals surface area contributed by atoms with Crippen LogP contribution in [0.1, 0.15) is 20.7 Å². The van der Waals surface area contributed by atoms with Gasteiger partial charge in [-0.05, 0) is 30.3 Å². The number of hydrogen-bond donors (Lipinski definition) is 3. The molecule has 0 atom stereocenters. The monoisotopic (exact) mass is 358 g/mol. The van der Waals surface area contributed by atoms with Crippen LogP contribution in [0.3, 0.4) is 0 Å². The molecule has 10 heteroatoms. The Morgan fingerprint density at radius 2 is 1.54 bits per heavy atom. The number of amides is 2. The number of hydrogen-bond acceptors (Lipinski definition) is 7. The van der Waals surface area contributed by atoms with Crippen molar-refractivity contribution in [2.45, 2.75) is 0 Å². The smallest absolute Gasteiger partial charge is 0.292 e. The van der Waals surface area contributed by atoms with Crippen LogP contribution in [0.2, 0.25) is 0 Å². The number of nitrogen functional groups attached to an aromatic ring is 1. The Labute approximate surface area is 147 Å². The summed E-state index contributed by atoms with van der Waals surface area (Å²) in [5.74, 6) is -0.338. The summed E-state index contributed by atoms with van der Waals surface area (Å²) < 4.78 is 10.8. The highest BCUT2D eigenvalue weighted by Gasteiger charge is 2.18. The van der Waals surface area contributed by atoms with Crippen LogP contribution in [0.4, 0.5) is 11.4 Å². The molecule has 2 amide bonds. The average Bonchev–Trinajstić information content (AvgIpc) is 2.65. The lowest BCUT2D eigenvalue weighted by Crippen LogP contribution is -2.41. The molecular weight excluding hydrogens is 344 g/mol. The van der Waals surface area contributed by atoms with Gasteiger partial charge < -0.3 is 15.2 Å². The molecule has 0 bridgehead atoms. The molecule has 0 radical (unpaired) electrons. The first-order valence-electron chi connectivity index (χ1n) is 7.50. The maximum absolute atomic E-state index is 12.1. The summed E-state index contributed by atoms with van der Waals surface area (Å²) in [6, 6.07) is 8.19. The second-order valence-electron chi connectivity index (χ2n) is 5.30. The van der Waals surface area contributed by atoms with Gasteiger partial charge in [0.05, 0.1) is 4.92 Å². The van der Waals surface area contributed by atoms with Crippen LogP contribution in [0, 0.1) is 10.1 Å². The van der Waals surface area contributed by atoms with Crippen molar-refractivity contribution in [1.29, 1.82) is 0 Å². The molecule has 1 aliphatic heterocycles. The molecule has 0 aromatic heterocycles. The fraction of sp³-hybridized carbons (Fsp3) is 0.125. The average molecular weight is 358 g/mol. The molecule has 0 spiro atoms. The third-order valence-corrected chi connectivity index (χ3v) is 3.58. The number of carbonyl (C=O) groups excluding carboxylic acids is 2. The summed E-state index contributed by atoms with van der Waals surface area (Å²) in [5.41, 5.74) is 9.67. The van der Waals surface area contributed by atoms with E-state index < -0.39 is 22.4 Å². The van der Waals surface area contributed by atoms with Crippen LogP contribution in [-0.4, -0.2) is 30.0 Å². The van der Waals surface area contributed by atoms with E-state index in [0.717, 1.165) is 6.07 Å². The number of benzene rings is 2. The van der Waals surface area contributed by atoms with E-state index in [1.807, 2.05) is 0 Å². The maximum Gasteiger partial charge on any atom is 0.292 e. The molecule has 2 aromatic carbocycles. The Morgan fingerprint density at radius 3 is 2.19 bits per heavy atom. The van der Waals surface area contributed by atoms with Crippen molar-refractivity contribution >= 4 is 23.2 Å². The van der Waals surface area contributed by atoms with Gasteiger partial charge in [0.1, 0.15) is 18.9 Å². The summed E-state index contributed by atoms with van der Waals surface area (Å²) in [7, 11) is 0. The van der Waals surface area contributed by atoms with Crippen molar-refractivity contribution < 1.29 is 24.0 Å². The highest BCUT2D eigenvalue weighted by Crippen LogP contribution is 2.30. The largest absolute Gasteiger partial charge is 0.486 e. The summed E-state index contributed by atoms with van der Waals surface area (Å²) in [6.07, 6.45) is 0. The Kier molecular flexibility index (Phi) is 4.56. The van der Waals surface area contributed by atoms with Crippen LogP contribution in [-0.2, 0) is 0 Å². The van der Waals surface area contributed by atoms with Gasteiger partial charge in [-0.15, -0.1) is 0 Å². The topological polar surface area (TPSA) is 146 Å². The molecule has 0 aliphatic carbocycles. The summed E-state index contributed by atoms with van der Waals surface area (Å²) in [5, 5.41) is 10.9. The number of carbonyl (C=O) groups is 2. The number of nitrogens with zero attached hydrogens (tertiary/aromatic N) is 1. The highest BCUT2D eigenvalue weighted by molar-refractivity contribution is 6.00. The van der Waals surface area contributed by atoms with Crippen molar-refractivity contribution in [3.8, 4) is 11.5 Å². The normalized spacial score (nSPS) is 12.2. The minimum Gasteiger partial charge on any atom is -0.486 e. The zero-order valence-electron chi connectivity index (χ0n) is 13.4. The lowest BCUT2D eigenvalue weighted by Gasteiger charge is -2.18. The third kappa shape index (κ3) is 3.48. The minimum atomic E-state index is -0.723. The van der Waals surface area contributed by atoms with Crippen molar-refractivity contribution in [1.82, 2.24) is 10.9 Å². The molecule has 26 heavy (non-hydrogen) atoms. The van der Waals surface area contributed by atoms with Crippen LogP contribution in [0.15, 0.2) is 36.4 Å². The van der Waals surface area contributed by atoms with E-state index in [0.29, 0.717) is 24.7 Å². The summed E-state index contributed by atoms with van der Waals surface area (Å²) in [4.78, 5) is 34.4. The molecule has 1 aliphatic rings. The number of rotatable bonds is 3. The van der Waals surface area contributed by atoms with E-state index in [2.05, 4.69) is 10.9 Å². The third-order valence-electron chi connectivity index (χ3n) is 3.58. The van der Waals surface area contributed by atoms with Gasteiger partial charge in [-0.3, -0.25) is 30.6 Å². The molecular formula is C16H14N4O6. The minimum absolute atomic E-state index is 0.0200. The first-order valence-corrected chi connectivity index (χ1v) is 7.50. The predicted molar refractivity (Wildman–Crippen MR) is 89.9 cm³/mol. The number of nitro benzene ring substituents is 1. The molecule has 0 unspecified atom stereocenters. The number of hydrazine groups is 1. The number of ether oxygens (including phenoxy) is 2. The van der Waals surface area contributed by atoms with Crippen molar-refractivity contribution in [3.05, 3.63) is 57.6 Å². The predicted octanol–water partition coefficient (Wildman–Crippen LogP) is 1.02. The Balaban J connectivity index is 1.67. The standard InChI is InChI=1S/C16H14N4O6/c17-11-3-1-9(7-12(11)20(23)24)15(21)18-19-16(22)10-2-4-13-14(8-10)26-6-5-25-13/h1-4,7-8H,5-6,17H2,(H,18,21)(H,19,22). The van der Waals surface area contributed by atoms with E-state index in [1.165, 1.54) is 24.3 Å².